The Balaban J connectivity index is 1.98. The maximum atomic E-state index is 12.3. The van der Waals surface area contributed by atoms with Gasteiger partial charge in [0.15, 0.2) is 0 Å². The molecule has 1 aliphatic carbocycles. The van der Waals surface area contributed by atoms with E-state index in [0.29, 0.717) is 11.4 Å². The molecule has 116 valence electrons. The molecule has 1 amide bonds. The molecule has 0 bridgehead atoms. The lowest BCUT2D eigenvalue weighted by molar-refractivity contribution is -0.123. The lowest BCUT2D eigenvalue weighted by Crippen LogP contribution is -2.30. The van der Waals surface area contributed by atoms with Gasteiger partial charge in [0.2, 0.25) is 5.91 Å². The predicted molar refractivity (Wildman–Crippen MR) is 89.0 cm³/mol. The Morgan fingerprint density at radius 1 is 1.33 bits per heavy atom. The molecular weight excluding hydrogens is 329 g/mol. The standard InChI is InChI=1S/C16H20Cl3NO/c1-4-15(11(3)16(15,18)19)9-14(21)20-10(2)12-5-7-13(17)8-6-12/h5-8,10-11H,4,9H2,1-3H3,(H,20,21)/t10-,11+,15-/m1/s1. The quantitative estimate of drug-likeness (QED) is 0.734. The molecule has 21 heavy (non-hydrogen) atoms. The SMILES string of the molecule is CC[C@@]1(CC(=O)N[C@H](C)c2ccc(Cl)cc2)[C@H](C)C1(Cl)Cl. The van der Waals surface area contributed by atoms with E-state index in [0.717, 1.165) is 12.0 Å². The predicted octanol–water partition coefficient (Wildman–Crippen LogP) is 5.13. The largest absolute Gasteiger partial charge is 0.350 e. The zero-order valence-corrected chi connectivity index (χ0v) is 14.7. The van der Waals surface area contributed by atoms with Crippen molar-refractivity contribution < 1.29 is 4.79 Å². The van der Waals surface area contributed by atoms with E-state index in [1.54, 1.807) is 0 Å². The first-order valence-corrected chi connectivity index (χ1v) is 8.30. The first-order chi connectivity index (χ1) is 9.74. The molecule has 1 saturated carbocycles. The highest BCUT2D eigenvalue weighted by molar-refractivity contribution is 6.52. The van der Waals surface area contributed by atoms with Crippen LogP contribution < -0.4 is 5.32 Å². The first kappa shape index (κ1) is 16.9. The molecular formula is C16H20Cl3NO. The van der Waals surface area contributed by atoms with Gasteiger partial charge in [-0.2, -0.15) is 0 Å². The number of carbonyl (C=O) groups is 1. The Labute approximate surface area is 141 Å². The van der Waals surface area contributed by atoms with Gasteiger partial charge in [0.05, 0.1) is 6.04 Å². The smallest absolute Gasteiger partial charge is 0.221 e. The molecule has 1 aromatic carbocycles. The summed E-state index contributed by atoms with van der Waals surface area (Å²) in [5, 5.41) is 3.69. The summed E-state index contributed by atoms with van der Waals surface area (Å²) in [5.74, 6) is 0.115. The Hall–Kier alpha value is -0.440. The van der Waals surface area contributed by atoms with Crippen molar-refractivity contribution in [1.29, 1.82) is 0 Å². The third-order valence-electron chi connectivity index (χ3n) is 4.81. The van der Waals surface area contributed by atoms with Crippen LogP contribution in [0.15, 0.2) is 24.3 Å². The van der Waals surface area contributed by atoms with Gasteiger partial charge in [-0.3, -0.25) is 4.79 Å². The third kappa shape index (κ3) is 3.04. The molecule has 0 unspecified atom stereocenters. The van der Waals surface area contributed by atoms with Gasteiger partial charge < -0.3 is 5.32 Å². The Morgan fingerprint density at radius 2 is 1.86 bits per heavy atom. The normalized spacial score (nSPS) is 28.0. The molecule has 1 fully saturated rings. The summed E-state index contributed by atoms with van der Waals surface area (Å²) in [6, 6.07) is 7.39. The molecule has 1 aromatic rings. The molecule has 0 aliphatic heterocycles. The summed E-state index contributed by atoms with van der Waals surface area (Å²) in [7, 11) is 0. The van der Waals surface area contributed by atoms with Crippen molar-refractivity contribution in [2.24, 2.45) is 11.3 Å². The van der Waals surface area contributed by atoms with Crippen LogP contribution in [-0.4, -0.2) is 10.2 Å². The van der Waals surface area contributed by atoms with Crippen LogP contribution in [0.3, 0.4) is 0 Å². The van der Waals surface area contributed by atoms with Gasteiger partial charge in [0, 0.05) is 16.9 Å². The number of benzene rings is 1. The fraction of sp³-hybridized carbons (Fsp3) is 0.562. The highest BCUT2D eigenvalue weighted by Crippen LogP contribution is 2.72. The van der Waals surface area contributed by atoms with E-state index in [1.165, 1.54) is 0 Å². The van der Waals surface area contributed by atoms with Crippen molar-refractivity contribution >= 4 is 40.7 Å². The van der Waals surface area contributed by atoms with Crippen LogP contribution in [0, 0.1) is 11.3 Å². The number of rotatable bonds is 5. The molecule has 0 radical (unpaired) electrons. The summed E-state index contributed by atoms with van der Waals surface area (Å²) in [6.45, 7) is 5.98. The molecule has 0 spiro atoms. The van der Waals surface area contributed by atoms with Gasteiger partial charge in [-0.1, -0.05) is 37.6 Å². The van der Waals surface area contributed by atoms with Gasteiger partial charge in [-0.25, -0.2) is 0 Å². The topological polar surface area (TPSA) is 29.1 Å². The summed E-state index contributed by atoms with van der Waals surface area (Å²) < 4.78 is -0.789. The Bertz CT molecular complexity index is 529. The zero-order chi connectivity index (χ0) is 15.8. The van der Waals surface area contributed by atoms with Crippen molar-refractivity contribution in [3.63, 3.8) is 0 Å². The third-order valence-corrected chi connectivity index (χ3v) is 6.47. The second kappa shape index (κ2) is 5.98. The van der Waals surface area contributed by atoms with E-state index >= 15 is 0 Å². The number of amides is 1. The molecule has 1 N–H and O–H groups in total. The highest BCUT2D eigenvalue weighted by atomic mass is 35.5. The van der Waals surface area contributed by atoms with Crippen LogP contribution in [0.2, 0.25) is 5.02 Å². The minimum Gasteiger partial charge on any atom is -0.350 e. The second-order valence-electron chi connectivity index (χ2n) is 5.87. The molecule has 3 atom stereocenters. The minimum absolute atomic E-state index is 0.0191. The number of carbonyl (C=O) groups excluding carboxylic acids is 1. The van der Waals surface area contributed by atoms with Crippen molar-refractivity contribution in [2.45, 2.75) is 44.0 Å². The second-order valence-corrected chi connectivity index (χ2v) is 7.69. The maximum absolute atomic E-state index is 12.3. The van der Waals surface area contributed by atoms with E-state index in [-0.39, 0.29) is 23.3 Å². The first-order valence-electron chi connectivity index (χ1n) is 7.17. The summed E-state index contributed by atoms with van der Waals surface area (Å²) in [5.41, 5.74) is 0.713. The van der Waals surface area contributed by atoms with Gasteiger partial charge in [-0.05, 0) is 37.0 Å². The van der Waals surface area contributed by atoms with Crippen LogP contribution in [-0.2, 0) is 4.79 Å². The molecule has 0 aromatic heterocycles. The lowest BCUT2D eigenvalue weighted by atomic mass is 9.95. The van der Waals surface area contributed by atoms with Gasteiger partial charge in [-0.15, -0.1) is 23.2 Å². The lowest BCUT2D eigenvalue weighted by Gasteiger charge is -2.19. The highest BCUT2D eigenvalue weighted by Gasteiger charge is 2.72. The Kier molecular flexibility index (Phi) is 4.82. The minimum atomic E-state index is -0.789. The molecule has 2 nitrogen and oxygen atoms in total. The number of nitrogens with one attached hydrogen (secondary N) is 1. The van der Waals surface area contributed by atoms with Crippen LogP contribution >= 0.6 is 34.8 Å². The average molecular weight is 349 g/mol. The van der Waals surface area contributed by atoms with Crippen LogP contribution in [0.25, 0.3) is 0 Å². The molecule has 2 rings (SSSR count). The van der Waals surface area contributed by atoms with E-state index in [2.05, 4.69) is 5.32 Å². The van der Waals surface area contributed by atoms with E-state index in [4.69, 9.17) is 34.8 Å². The fourth-order valence-corrected chi connectivity index (χ4v) is 4.22. The van der Waals surface area contributed by atoms with Crippen LogP contribution in [0.4, 0.5) is 0 Å². The van der Waals surface area contributed by atoms with Crippen LogP contribution in [0.5, 0.6) is 0 Å². The molecule has 5 heteroatoms. The number of halogens is 3. The number of hydrogen-bond acceptors (Lipinski definition) is 1. The number of hydrogen-bond donors (Lipinski definition) is 1. The van der Waals surface area contributed by atoms with Crippen LogP contribution in [0.1, 0.15) is 45.2 Å². The van der Waals surface area contributed by atoms with Gasteiger partial charge >= 0.3 is 0 Å². The number of alkyl halides is 2. The van der Waals surface area contributed by atoms with E-state index in [1.807, 2.05) is 45.0 Å². The van der Waals surface area contributed by atoms with Crippen molar-refractivity contribution in [3.05, 3.63) is 34.9 Å². The van der Waals surface area contributed by atoms with Gasteiger partial charge in [0.25, 0.3) is 0 Å². The van der Waals surface area contributed by atoms with Crippen molar-refractivity contribution in [3.8, 4) is 0 Å². The van der Waals surface area contributed by atoms with Gasteiger partial charge in [0.1, 0.15) is 4.33 Å². The van der Waals surface area contributed by atoms with E-state index < -0.39 is 4.33 Å². The maximum Gasteiger partial charge on any atom is 0.221 e. The molecule has 0 heterocycles. The summed E-state index contributed by atoms with van der Waals surface area (Å²) in [6.07, 6.45) is 1.15. The van der Waals surface area contributed by atoms with E-state index in [9.17, 15) is 4.79 Å². The average Bonchev–Trinajstić information content (AvgIpc) is 2.84. The zero-order valence-electron chi connectivity index (χ0n) is 12.4. The molecule has 1 aliphatic rings. The summed E-state index contributed by atoms with van der Waals surface area (Å²) in [4.78, 5) is 12.3. The van der Waals surface area contributed by atoms with Crippen molar-refractivity contribution in [1.82, 2.24) is 5.32 Å². The Morgan fingerprint density at radius 3 is 2.29 bits per heavy atom. The molecule has 0 saturated heterocycles. The fourth-order valence-electron chi connectivity index (χ4n) is 3.06. The monoisotopic (exact) mass is 347 g/mol. The summed E-state index contributed by atoms with van der Waals surface area (Å²) >= 11 is 18.5. The van der Waals surface area contributed by atoms with Crippen molar-refractivity contribution in [2.75, 3.05) is 0 Å².